The molecule has 1 atom stereocenters. The van der Waals surface area contributed by atoms with E-state index in [1.807, 2.05) is 24.5 Å². The largest absolute Gasteiger partial charge is 0.390 e. The molecule has 9 heteroatoms. The van der Waals surface area contributed by atoms with Crippen LogP contribution >= 0.6 is 23.1 Å². The summed E-state index contributed by atoms with van der Waals surface area (Å²) in [6.45, 7) is 0.467. The first-order valence-electron chi connectivity index (χ1n) is 8.74. The molecule has 3 heterocycles. The molecule has 4 rings (SSSR count). The van der Waals surface area contributed by atoms with Crippen LogP contribution in [-0.4, -0.2) is 40.5 Å². The van der Waals surface area contributed by atoms with Crippen LogP contribution in [0.2, 0.25) is 0 Å². The van der Waals surface area contributed by atoms with Gasteiger partial charge in [0.2, 0.25) is 0 Å². The summed E-state index contributed by atoms with van der Waals surface area (Å²) >= 11 is 3.29. The normalized spacial score (nSPS) is 16.0. The van der Waals surface area contributed by atoms with Crippen molar-refractivity contribution < 1.29 is 9.63 Å². The van der Waals surface area contributed by atoms with Gasteiger partial charge in [0.15, 0.2) is 6.10 Å². The number of oxime groups is 1. The third-order valence-corrected chi connectivity index (χ3v) is 5.77. The van der Waals surface area contributed by atoms with E-state index in [2.05, 4.69) is 28.0 Å². The van der Waals surface area contributed by atoms with Gasteiger partial charge in [0.25, 0.3) is 5.91 Å². The summed E-state index contributed by atoms with van der Waals surface area (Å²) in [5.41, 5.74) is 7.76. The zero-order valence-electron chi connectivity index (χ0n) is 15.2. The van der Waals surface area contributed by atoms with Crippen molar-refractivity contribution in [3.8, 4) is 11.1 Å². The molecule has 0 fully saturated rings. The van der Waals surface area contributed by atoms with Gasteiger partial charge in [-0.3, -0.25) is 4.79 Å². The van der Waals surface area contributed by atoms with Crippen molar-refractivity contribution in [2.45, 2.75) is 18.3 Å². The Balaban J connectivity index is 1.65. The molecule has 7 nitrogen and oxygen atoms in total. The van der Waals surface area contributed by atoms with Gasteiger partial charge in [-0.05, 0) is 11.8 Å². The van der Waals surface area contributed by atoms with Crippen LogP contribution < -0.4 is 11.1 Å². The van der Waals surface area contributed by atoms with E-state index in [-0.39, 0.29) is 11.8 Å². The van der Waals surface area contributed by atoms with Crippen molar-refractivity contribution in [1.29, 1.82) is 0 Å². The number of primary amides is 1. The number of thiophene rings is 1. The van der Waals surface area contributed by atoms with Crippen molar-refractivity contribution in [1.82, 2.24) is 9.97 Å². The zero-order valence-corrected chi connectivity index (χ0v) is 16.8. The fraction of sp³-hybridized carbons (Fsp3) is 0.263. The number of nitrogens with two attached hydrogens (primary N) is 1. The molecular formula is C19H19N5O2S2. The first-order valence-corrected chi connectivity index (χ1v) is 11.0. The summed E-state index contributed by atoms with van der Waals surface area (Å²) < 4.78 is 0. The lowest BCUT2D eigenvalue weighted by molar-refractivity contribution is -0.112. The Labute approximate surface area is 170 Å². The molecule has 1 aliphatic rings. The number of benzene rings is 1. The maximum atomic E-state index is 11.2. The standard InChI is InChI=1S/C19H19N5O2S2/c1-27-10-15-22-18(21-8-12-7-14(17(20)25)24-26-12)16-13(9-28-19(16)23-15)11-5-3-2-4-6-11/h2-6,9,12H,7-8,10H2,1H3,(H2,20,25)(H,21,22,23). The highest BCUT2D eigenvalue weighted by Crippen LogP contribution is 2.37. The number of thioether (sulfide) groups is 1. The predicted molar refractivity (Wildman–Crippen MR) is 115 cm³/mol. The van der Waals surface area contributed by atoms with Crippen molar-refractivity contribution in [3.05, 3.63) is 41.5 Å². The number of hydrogen-bond acceptors (Lipinski definition) is 8. The highest BCUT2D eigenvalue weighted by molar-refractivity contribution is 7.97. The molecule has 1 aromatic carbocycles. The lowest BCUT2D eigenvalue weighted by Gasteiger charge is -2.13. The zero-order chi connectivity index (χ0) is 19.5. The van der Waals surface area contributed by atoms with Gasteiger partial charge in [-0.15, -0.1) is 11.3 Å². The molecule has 2 aromatic heterocycles. The minimum atomic E-state index is -0.543. The van der Waals surface area contributed by atoms with E-state index in [0.29, 0.717) is 13.0 Å². The maximum Gasteiger partial charge on any atom is 0.266 e. The fourth-order valence-corrected chi connectivity index (χ4v) is 4.38. The number of anilines is 1. The second-order valence-electron chi connectivity index (χ2n) is 6.33. The van der Waals surface area contributed by atoms with Gasteiger partial charge in [-0.1, -0.05) is 35.5 Å². The van der Waals surface area contributed by atoms with Crippen molar-refractivity contribution >= 4 is 50.8 Å². The highest BCUT2D eigenvalue weighted by Gasteiger charge is 2.25. The van der Waals surface area contributed by atoms with E-state index < -0.39 is 5.91 Å². The predicted octanol–water partition coefficient (Wildman–Crippen LogP) is 3.26. The number of hydrogen-bond donors (Lipinski definition) is 2. The number of carbonyl (C=O) groups is 1. The first-order chi connectivity index (χ1) is 13.7. The van der Waals surface area contributed by atoms with Gasteiger partial charge in [0, 0.05) is 17.4 Å². The maximum absolute atomic E-state index is 11.2. The van der Waals surface area contributed by atoms with Crippen LogP contribution in [0.25, 0.3) is 21.3 Å². The second-order valence-corrected chi connectivity index (χ2v) is 8.06. The minimum absolute atomic E-state index is 0.254. The van der Waals surface area contributed by atoms with E-state index >= 15 is 0 Å². The van der Waals surface area contributed by atoms with Gasteiger partial charge >= 0.3 is 0 Å². The molecular weight excluding hydrogens is 394 g/mol. The number of nitrogens with zero attached hydrogens (tertiary/aromatic N) is 3. The van der Waals surface area contributed by atoms with Crippen LogP contribution in [0.5, 0.6) is 0 Å². The molecule has 0 saturated carbocycles. The molecule has 1 unspecified atom stereocenters. The SMILES string of the molecule is CSCc1nc(NCC2CC(C(N)=O)=NO2)c2c(-c3ccccc3)csc2n1. The molecule has 1 aliphatic heterocycles. The average Bonchev–Trinajstić information content (AvgIpc) is 3.34. The van der Waals surface area contributed by atoms with Gasteiger partial charge < -0.3 is 15.9 Å². The molecule has 3 aromatic rings. The molecule has 0 aliphatic carbocycles. The van der Waals surface area contributed by atoms with E-state index in [4.69, 9.17) is 20.5 Å². The van der Waals surface area contributed by atoms with Crippen LogP contribution in [-0.2, 0) is 15.4 Å². The molecule has 144 valence electrons. The van der Waals surface area contributed by atoms with E-state index in [9.17, 15) is 4.79 Å². The second kappa shape index (κ2) is 8.15. The molecule has 0 radical (unpaired) electrons. The Morgan fingerprint density at radius 1 is 1.36 bits per heavy atom. The molecule has 0 spiro atoms. The van der Waals surface area contributed by atoms with Gasteiger partial charge in [-0.25, -0.2) is 9.97 Å². The van der Waals surface area contributed by atoms with E-state index in [0.717, 1.165) is 38.7 Å². The quantitative estimate of drug-likeness (QED) is 0.616. The summed E-state index contributed by atoms with van der Waals surface area (Å²) in [6.07, 6.45) is 2.17. The number of aromatic nitrogens is 2. The van der Waals surface area contributed by atoms with Gasteiger partial charge in [0.05, 0.1) is 17.7 Å². The summed E-state index contributed by atoms with van der Waals surface area (Å²) in [7, 11) is 0. The van der Waals surface area contributed by atoms with Crippen molar-refractivity contribution in [2.75, 3.05) is 18.1 Å². The number of fused-ring (bicyclic) bond motifs is 1. The van der Waals surface area contributed by atoms with Crippen LogP contribution in [0, 0.1) is 0 Å². The van der Waals surface area contributed by atoms with Crippen molar-refractivity contribution in [3.63, 3.8) is 0 Å². The van der Waals surface area contributed by atoms with E-state index in [1.165, 1.54) is 0 Å². The number of carbonyl (C=O) groups excluding carboxylic acids is 1. The Morgan fingerprint density at radius 3 is 2.89 bits per heavy atom. The topological polar surface area (TPSA) is 102 Å². The van der Waals surface area contributed by atoms with Crippen LogP contribution in [0.15, 0.2) is 40.9 Å². The number of nitrogens with one attached hydrogen (secondary N) is 1. The third-order valence-electron chi connectivity index (χ3n) is 4.35. The Morgan fingerprint density at radius 2 is 2.18 bits per heavy atom. The smallest absolute Gasteiger partial charge is 0.266 e. The van der Waals surface area contributed by atoms with Gasteiger partial charge in [0.1, 0.15) is 22.2 Å². The minimum Gasteiger partial charge on any atom is -0.390 e. The fourth-order valence-electron chi connectivity index (χ4n) is 3.03. The monoisotopic (exact) mass is 413 g/mol. The Hall–Kier alpha value is -2.65. The lowest BCUT2D eigenvalue weighted by atomic mass is 10.1. The Bertz CT molecular complexity index is 1040. The molecule has 3 N–H and O–H groups in total. The summed E-state index contributed by atoms with van der Waals surface area (Å²) in [5.74, 6) is 1.74. The van der Waals surface area contributed by atoms with Gasteiger partial charge in [-0.2, -0.15) is 11.8 Å². The summed E-state index contributed by atoms with van der Waals surface area (Å²) in [6, 6.07) is 10.2. The van der Waals surface area contributed by atoms with Crippen molar-refractivity contribution in [2.24, 2.45) is 10.9 Å². The van der Waals surface area contributed by atoms with Crippen LogP contribution in [0.1, 0.15) is 12.2 Å². The lowest BCUT2D eigenvalue weighted by Crippen LogP contribution is -2.26. The van der Waals surface area contributed by atoms with E-state index in [1.54, 1.807) is 23.1 Å². The molecule has 0 saturated heterocycles. The Kier molecular flexibility index (Phi) is 5.45. The molecule has 0 bridgehead atoms. The summed E-state index contributed by atoms with van der Waals surface area (Å²) in [5, 5.41) is 10.3. The molecule has 28 heavy (non-hydrogen) atoms. The van der Waals surface area contributed by atoms with Crippen LogP contribution in [0.3, 0.4) is 0 Å². The number of amides is 1. The highest BCUT2D eigenvalue weighted by atomic mass is 32.2. The average molecular weight is 414 g/mol. The molecule has 1 amide bonds. The third kappa shape index (κ3) is 3.81. The van der Waals surface area contributed by atoms with Crippen LogP contribution in [0.4, 0.5) is 5.82 Å². The summed E-state index contributed by atoms with van der Waals surface area (Å²) in [4.78, 5) is 27.0. The first kappa shape index (κ1) is 18.7. The number of rotatable bonds is 7.